The van der Waals surface area contributed by atoms with Gasteiger partial charge in [-0.15, -0.1) is 12.4 Å². The second-order valence-electron chi connectivity index (χ2n) is 16.4. The molecule has 0 aliphatic carbocycles. The van der Waals surface area contributed by atoms with Crippen molar-refractivity contribution < 1.29 is 45.8 Å². The first kappa shape index (κ1) is 51.6. The quantitative estimate of drug-likeness (QED) is 0.144. The van der Waals surface area contributed by atoms with Gasteiger partial charge in [0.25, 0.3) is 11.1 Å². The van der Waals surface area contributed by atoms with Gasteiger partial charge in [0.2, 0.25) is 0 Å². The number of carboxylic acids is 1. The van der Waals surface area contributed by atoms with Crippen LogP contribution in [0.3, 0.4) is 0 Å². The van der Waals surface area contributed by atoms with Gasteiger partial charge < -0.3 is 28.8 Å². The number of halogens is 7. The summed E-state index contributed by atoms with van der Waals surface area (Å²) in [6, 6.07) is -1.07. The van der Waals surface area contributed by atoms with Crippen LogP contribution in [0.2, 0.25) is 0 Å². The molecule has 0 fully saturated rings. The van der Waals surface area contributed by atoms with Gasteiger partial charge in [0, 0.05) is 24.5 Å². The van der Waals surface area contributed by atoms with E-state index >= 15 is 0 Å². The van der Waals surface area contributed by atoms with Crippen LogP contribution in [0.4, 0.5) is 26.3 Å². The molecule has 0 spiro atoms. The van der Waals surface area contributed by atoms with Crippen LogP contribution in [-0.4, -0.2) is 83.9 Å². The van der Waals surface area contributed by atoms with Gasteiger partial charge in [-0.1, -0.05) is 41.5 Å². The highest BCUT2D eigenvalue weighted by atomic mass is 35.5. The monoisotopic (exact) mass is 816 g/mol. The summed E-state index contributed by atoms with van der Waals surface area (Å²) in [6.07, 6.45) is -5.40. The van der Waals surface area contributed by atoms with E-state index in [1.807, 2.05) is 79.5 Å². The summed E-state index contributed by atoms with van der Waals surface area (Å²) in [6.45, 7) is 14.1. The number of pyridine rings is 2. The summed E-state index contributed by atoms with van der Waals surface area (Å²) in [5.74, 6) is -1.85. The maximum absolute atomic E-state index is 13.4. The SMILES string of the molecule is CCOC(=O)C(CC(C)(C)C)n1cc(CCCN(C)C)c(C(F)(F)F)cc1=O.CN(C)CCCc1cn(C(CC(C)(C)C)C(=O)O)c(=O)cc1C(F)(F)F.Cl. The van der Waals surface area contributed by atoms with E-state index in [0.29, 0.717) is 38.1 Å². The fourth-order valence-corrected chi connectivity index (χ4v) is 5.77. The topological polar surface area (TPSA) is 114 Å². The van der Waals surface area contributed by atoms with Crippen LogP contribution in [-0.2, 0) is 39.5 Å². The molecule has 2 atom stereocenters. The minimum absolute atomic E-state index is 0. The summed E-state index contributed by atoms with van der Waals surface area (Å²) in [7, 11) is 7.31. The third-order valence-electron chi connectivity index (χ3n) is 8.17. The summed E-state index contributed by atoms with van der Waals surface area (Å²) < 4.78 is 87.4. The van der Waals surface area contributed by atoms with Gasteiger partial charge >= 0.3 is 24.3 Å². The average Bonchev–Trinajstić information content (AvgIpc) is 2.98. The smallest absolute Gasteiger partial charge is 0.416 e. The first-order valence-corrected chi connectivity index (χ1v) is 17.8. The lowest BCUT2D eigenvalue weighted by molar-refractivity contribution is -0.148. The minimum atomic E-state index is -4.66. The number of ether oxygens (including phenoxy) is 1. The number of aryl methyl sites for hydroxylation is 2. The number of carbonyl (C=O) groups excluding carboxylic acids is 1. The normalized spacial score (nSPS) is 13.5. The fourth-order valence-electron chi connectivity index (χ4n) is 5.77. The van der Waals surface area contributed by atoms with Gasteiger partial charge in [-0.2, -0.15) is 26.3 Å². The lowest BCUT2D eigenvalue weighted by atomic mass is 9.87. The van der Waals surface area contributed by atoms with E-state index in [1.54, 1.807) is 6.92 Å². The molecule has 10 nitrogen and oxygen atoms in total. The van der Waals surface area contributed by atoms with Crippen molar-refractivity contribution in [2.75, 3.05) is 47.9 Å². The highest BCUT2D eigenvalue weighted by Gasteiger charge is 2.37. The number of rotatable bonds is 15. The second-order valence-corrected chi connectivity index (χ2v) is 16.4. The predicted molar refractivity (Wildman–Crippen MR) is 203 cm³/mol. The Hall–Kier alpha value is -3.37. The fraction of sp³-hybridized carbons (Fsp3) is 0.684. The maximum atomic E-state index is 13.4. The van der Waals surface area contributed by atoms with E-state index < -0.39 is 64.0 Å². The Bertz CT molecular complexity index is 1660. The number of hydrogen-bond donors (Lipinski definition) is 1. The summed E-state index contributed by atoms with van der Waals surface area (Å²) >= 11 is 0. The van der Waals surface area contributed by atoms with Gasteiger partial charge in [-0.05, 0) is 109 Å². The van der Waals surface area contributed by atoms with Crippen LogP contribution in [0, 0.1) is 10.8 Å². The van der Waals surface area contributed by atoms with Gasteiger partial charge in [-0.3, -0.25) is 9.59 Å². The van der Waals surface area contributed by atoms with Crippen molar-refractivity contribution in [1.29, 1.82) is 0 Å². The maximum Gasteiger partial charge on any atom is 0.416 e. The van der Waals surface area contributed by atoms with Crippen molar-refractivity contribution in [3.05, 3.63) is 67.5 Å². The molecule has 1 N–H and O–H groups in total. The molecule has 2 aromatic heterocycles. The predicted octanol–water partition coefficient (Wildman–Crippen LogP) is 7.75. The summed E-state index contributed by atoms with van der Waals surface area (Å²) in [5.41, 5.74) is -4.52. The number of aromatic nitrogens is 2. The molecule has 17 heteroatoms. The Morgan fingerprint density at radius 3 is 1.35 bits per heavy atom. The second kappa shape index (κ2) is 21.2. The number of carboxylic acid groups (broad SMARTS) is 1. The van der Waals surface area contributed by atoms with Gasteiger partial charge in [0.15, 0.2) is 0 Å². The molecule has 55 heavy (non-hydrogen) atoms. The van der Waals surface area contributed by atoms with Crippen molar-refractivity contribution in [2.24, 2.45) is 10.8 Å². The Morgan fingerprint density at radius 2 is 1.05 bits per heavy atom. The van der Waals surface area contributed by atoms with Crippen molar-refractivity contribution in [1.82, 2.24) is 18.9 Å². The van der Waals surface area contributed by atoms with E-state index in [9.17, 15) is 50.6 Å². The zero-order chi connectivity index (χ0) is 42.0. The number of carbonyl (C=O) groups is 2. The molecule has 0 aliphatic heterocycles. The number of alkyl halides is 6. The van der Waals surface area contributed by atoms with Crippen LogP contribution in [0.1, 0.15) is 108 Å². The first-order valence-electron chi connectivity index (χ1n) is 17.8. The Kier molecular flexibility index (Phi) is 19.9. The van der Waals surface area contributed by atoms with E-state index in [-0.39, 0.29) is 61.2 Å². The molecule has 0 radical (unpaired) electrons. The number of esters is 1. The van der Waals surface area contributed by atoms with Crippen molar-refractivity contribution in [3.8, 4) is 0 Å². The largest absolute Gasteiger partial charge is 0.480 e. The molecule has 2 heterocycles. The van der Waals surface area contributed by atoms with Gasteiger partial charge in [0.05, 0.1) is 17.7 Å². The molecule has 2 rings (SSSR count). The molecular weight excluding hydrogens is 758 g/mol. The average molecular weight is 817 g/mol. The minimum Gasteiger partial charge on any atom is -0.480 e. The molecule has 2 aromatic rings. The molecular formula is C38H59ClF6N4O6. The lowest BCUT2D eigenvalue weighted by Crippen LogP contribution is -2.34. The Labute approximate surface area is 326 Å². The van der Waals surface area contributed by atoms with Crippen LogP contribution < -0.4 is 11.1 Å². The molecule has 0 aromatic carbocycles. The highest BCUT2D eigenvalue weighted by molar-refractivity contribution is 5.85. The third kappa shape index (κ3) is 18.0. The lowest BCUT2D eigenvalue weighted by Gasteiger charge is -2.27. The van der Waals surface area contributed by atoms with E-state index in [2.05, 4.69) is 0 Å². The third-order valence-corrected chi connectivity index (χ3v) is 8.17. The highest BCUT2D eigenvalue weighted by Crippen LogP contribution is 2.35. The van der Waals surface area contributed by atoms with E-state index in [4.69, 9.17) is 4.74 Å². The number of aliphatic carboxylic acids is 1. The molecule has 0 bridgehead atoms. The van der Waals surface area contributed by atoms with Crippen LogP contribution in [0.5, 0.6) is 0 Å². The number of nitrogens with zero attached hydrogens (tertiary/aromatic N) is 4. The number of hydrogen-bond acceptors (Lipinski definition) is 7. The molecule has 0 saturated heterocycles. The summed E-state index contributed by atoms with van der Waals surface area (Å²) in [4.78, 5) is 52.6. The first-order chi connectivity index (χ1) is 24.5. The van der Waals surface area contributed by atoms with E-state index in [0.717, 1.165) is 15.3 Å². The Balaban J connectivity index is 0.00000104. The van der Waals surface area contributed by atoms with Crippen LogP contribution in [0.15, 0.2) is 34.1 Å². The van der Waals surface area contributed by atoms with Gasteiger partial charge in [0.1, 0.15) is 12.1 Å². The molecule has 0 saturated carbocycles. The van der Waals surface area contributed by atoms with Crippen molar-refractivity contribution in [3.63, 3.8) is 0 Å². The zero-order valence-corrected chi connectivity index (χ0v) is 34.6. The standard InChI is InChI=1S/C20H31F3N2O3.C18H27F3N2O3.ClH/c1-7-28-18(27)16(12-19(2,3)4)25-13-14(9-8-10-24(5)6)15(11-17(25)26)20(21,22)23;1-17(2,3)10-14(16(25)26)23-11-12(7-6-8-22(4)5)13(9-15(23)24)18(19,20)21;/h11,13,16H,7-10,12H2,1-6H3;9,11,14H,6-8,10H2,1-5H3,(H,25,26);1H. The Morgan fingerprint density at radius 1 is 0.709 bits per heavy atom. The van der Waals surface area contributed by atoms with Crippen molar-refractivity contribution in [2.45, 2.75) is 111 Å². The van der Waals surface area contributed by atoms with Gasteiger partial charge in [-0.25, -0.2) is 9.59 Å². The molecule has 0 aliphatic rings. The molecule has 316 valence electrons. The summed E-state index contributed by atoms with van der Waals surface area (Å²) in [5, 5.41) is 9.49. The van der Waals surface area contributed by atoms with Crippen LogP contribution >= 0.6 is 12.4 Å². The van der Waals surface area contributed by atoms with E-state index in [1.165, 1.54) is 6.20 Å². The van der Waals surface area contributed by atoms with Crippen molar-refractivity contribution >= 4 is 24.3 Å². The molecule has 0 amide bonds. The van der Waals surface area contributed by atoms with Crippen LogP contribution in [0.25, 0.3) is 0 Å². The zero-order valence-electron chi connectivity index (χ0n) is 33.8. The molecule has 2 unspecified atom stereocenters.